The molecule has 1 aliphatic carbocycles. The summed E-state index contributed by atoms with van der Waals surface area (Å²) in [6.45, 7) is 0.103. The molecule has 1 aromatic rings. The molecule has 0 radical (unpaired) electrons. The zero-order chi connectivity index (χ0) is 15.2. The minimum Gasteiger partial charge on any atom is -0.481 e. The zero-order valence-corrected chi connectivity index (χ0v) is 11.9. The molecule has 3 atom stereocenters. The summed E-state index contributed by atoms with van der Waals surface area (Å²) < 4.78 is 0. The van der Waals surface area contributed by atoms with Crippen LogP contribution in [0.4, 0.5) is 0 Å². The van der Waals surface area contributed by atoms with E-state index in [9.17, 15) is 19.8 Å². The van der Waals surface area contributed by atoms with E-state index in [-0.39, 0.29) is 12.5 Å². The van der Waals surface area contributed by atoms with Gasteiger partial charge in [-0.25, -0.2) is 0 Å². The molecule has 0 heterocycles. The number of carboxylic acids is 1. The van der Waals surface area contributed by atoms with Crippen LogP contribution < -0.4 is 5.32 Å². The van der Waals surface area contributed by atoms with Gasteiger partial charge in [-0.1, -0.05) is 43.2 Å². The Bertz CT molecular complexity index is 488. The summed E-state index contributed by atoms with van der Waals surface area (Å²) in [5.74, 6) is -2.26. The fourth-order valence-electron chi connectivity index (χ4n) is 2.86. The highest BCUT2D eigenvalue weighted by molar-refractivity contribution is 5.84. The molecule has 3 N–H and O–H groups in total. The van der Waals surface area contributed by atoms with Crippen LogP contribution >= 0.6 is 0 Å². The number of aliphatic carboxylic acids is 1. The molecule has 5 heteroatoms. The Balaban J connectivity index is 1.90. The van der Waals surface area contributed by atoms with Crippen LogP contribution in [-0.2, 0) is 9.59 Å². The number of benzene rings is 1. The molecule has 1 aliphatic rings. The van der Waals surface area contributed by atoms with Gasteiger partial charge in [0, 0.05) is 6.54 Å². The van der Waals surface area contributed by atoms with Crippen LogP contribution in [0.1, 0.15) is 37.4 Å². The molecule has 0 aliphatic heterocycles. The van der Waals surface area contributed by atoms with E-state index in [0.717, 1.165) is 18.4 Å². The topological polar surface area (TPSA) is 86.6 Å². The first kappa shape index (κ1) is 15.5. The summed E-state index contributed by atoms with van der Waals surface area (Å²) >= 11 is 0. The largest absolute Gasteiger partial charge is 0.481 e. The maximum absolute atomic E-state index is 12.2. The van der Waals surface area contributed by atoms with Crippen LogP contribution in [-0.4, -0.2) is 28.6 Å². The average molecular weight is 291 g/mol. The smallest absolute Gasteiger partial charge is 0.307 e. The molecule has 5 nitrogen and oxygen atoms in total. The minimum atomic E-state index is -0.904. The first-order valence-electron chi connectivity index (χ1n) is 7.33. The van der Waals surface area contributed by atoms with Gasteiger partial charge in [0.15, 0.2) is 0 Å². The van der Waals surface area contributed by atoms with Gasteiger partial charge in [-0.3, -0.25) is 9.59 Å². The third kappa shape index (κ3) is 4.04. The molecular weight excluding hydrogens is 270 g/mol. The van der Waals surface area contributed by atoms with Crippen molar-refractivity contribution < 1.29 is 19.8 Å². The molecule has 114 valence electrons. The Hall–Kier alpha value is -1.88. The molecule has 0 bridgehead atoms. The molecule has 21 heavy (non-hydrogen) atoms. The molecule has 2 rings (SSSR count). The van der Waals surface area contributed by atoms with Gasteiger partial charge in [-0.05, 0) is 18.4 Å². The van der Waals surface area contributed by atoms with Crippen molar-refractivity contribution in [3.63, 3.8) is 0 Å². The molecule has 0 saturated heterocycles. The molecule has 1 amide bonds. The summed E-state index contributed by atoms with van der Waals surface area (Å²) in [6.07, 6.45) is 2.11. The van der Waals surface area contributed by atoms with E-state index in [1.165, 1.54) is 0 Å². The summed E-state index contributed by atoms with van der Waals surface area (Å²) in [4.78, 5) is 23.4. The number of nitrogens with one attached hydrogen (secondary N) is 1. The average Bonchev–Trinajstić information content (AvgIpc) is 2.53. The van der Waals surface area contributed by atoms with Gasteiger partial charge in [-0.2, -0.15) is 0 Å². The van der Waals surface area contributed by atoms with Crippen LogP contribution in [0, 0.1) is 11.8 Å². The normalized spacial score (nSPS) is 23.3. The quantitative estimate of drug-likeness (QED) is 0.771. The Morgan fingerprint density at radius 2 is 1.76 bits per heavy atom. The van der Waals surface area contributed by atoms with Crippen LogP contribution in [0.3, 0.4) is 0 Å². The number of carbonyl (C=O) groups is 2. The molecule has 0 aromatic heterocycles. The van der Waals surface area contributed by atoms with Crippen molar-refractivity contribution in [1.29, 1.82) is 0 Å². The van der Waals surface area contributed by atoms with E-state index in [1.807, 2.05) is 18.2 Å². The van der Waals surface area contributed by atoms with Crippen molar-refractivity contribution in [2.45, 2.75) is 31.8 Å². The summed E-state index contributed by atoms with van der Waals surface area (Å²) in [5.41, 5.74) is 0.733. The van der Waals surface area contributed by atoms with Crippen molar-refractivity contribution >= 4 is 11.9 Å². The lowest BCUT2D eigenvalue weighted by Gasteiger charge is -2.27. The lowest BCUT2D eigenvalue weighted by Crippen LogP contribution is -2.41. The van der Waals surface area contributed by atoms with Crippen molar-refractivity contribution in [1.82, 2.24) is 5.32 Å². The van der Waals surface area contributed by atoms with Gasteiger partial charge in [0.05, 0.1) is 17.9 Å². The minimum absolute atomic E-state index is 0.103. The van der Waals surface area contributed by atoms with E-state index in [4.69, 9.17) is 0 Å². The molecular formula is C16H21NO4. The number of carboxylic acid groups (broad SMARTS) is 1. The lowest BCUT2D eigenvalue weighted by atomic mass is 9.78. The number of rotatable bonds is 5. The van der Waals surface area contributed by atoms with E-state index < -0.39 is 23.9 Å². The Labute approximate surface area is 124 Å². The zero-order valence-electron chi connectivity index (χ0n) is 11.9. The number of carbonyl (C=O) groups excluding carboxylic acids is 1. The highest BCUT2D eigenvalue weighted by Gasteiger charge is 2.35. The molecule has 1 unspecified atom stereocenters. The Morgan fingerprint density at radius 1 is 1.14 bits per heavy atom. The maximum Gasteiger partial charge on any atom is 0.307 e. The fourth-order valence-corrected chi connectivity index (χ4v) is 2.86. The van der Waals surface area contributed by atoms with Crippen LogP contribution in [0.25, 0.3) is 0 Å². The first-order chi connectivity index (χ1) is 10.1. The third-order valence-corrected chi connectivity index (χ3v) is 4.07. The van der Waals surface area contributed by atoms with Crippen molar-refractivity contribution in [3.8, 4) is 0 Å². The van der Waals surface area contributed by atoms with Crippen molar-refractivity contribution in [2.24, 2.45) is 11.8 Å². The molecule has 1 fully saturated rings. The fraction of sp³-hybridized carbons (Fsp3) is 0.500. The number of aliphatic hydroxyl groups is 1. The van der Waals surface area contributed by atoms with Crippen molar-refractivity contribution in [2.75, 3.05) is 6.54 Å². The highest BCUT2D eigenvalue weighted by Crippen LogP contribution is 2.30. The van der Waals surface area contributed by atoms with Crippen molar-refractivity contribution in [3.05, 3.63) is 35.9 Å². The summed E-state index contributed by atoms with van der Waals surface area (Å²) in [7, 11) is 0. The monoisotopic (exact) mass is 291 g/mol. The predicted molar refractivity (Wildman–Crippen MR) is 77.5 cm³/mol. The maximum atomic E-state index is 12.2. The van der Waals surface area contributed by atoms with Gasteiger partial charge in [0.1, 0.15) is 0 Å². The molecule has 1 aromatic carbocycles. The standard InChI is InChI=1S/C16H21NO4/c18-14(11-6-2-1-3-7-11)10-17-15(19)12-8-4-5-9-13(12)16(20)21/h1-3,6-7,12-14,18H,4-5,8-10H2,(H,17,19)(H,20,21)/t12-,13+,14?/m1/s1. The van der Waals surface area contributed by atoms with Crippen LogP contribution in [0.2, 0.25) is 0 Å². The highest BCUT2D eigenvalue weighted by atomic mass is 16.4. The van der Waals surface area contributed by atoms with Gasteiger partial charge in [-0.15, -0.1) is 0 Å². The number of hydrogen-bond donors (Lipinski definition) is 3. The number of hydrogen-bond acceptors (Lipinski definition) is 3. The van der Waals surface area contributed by atoms with Gasteiger partial charge in [0.25, 0.3) is 0 Å². The van der Waals surface area contributed by atoms with E-state index >= 15 is 0 Å². The van der Waals surface area contributed by atoms with Gasteiger partial charge in [0.2, 0.25) is 5.91 Å². The van der Waals surface area contributed by atoms with E-state index in [0.29, 0.717) is 12.8 Å². The second-order valence-corrected chi connectivity index (χ2v) is 5.51. The van der Waals surface area contributed by atoms with Gasteiger partial charge < -0.3 is 15.5 Å². The third-order valence-electron chi connectivity index (χ3n) is 4.07. The summed E-state index contributed by atoms with van der Waals surface area (Å²) in [6, 6.07) is 9.08. The molecule has 0 spiro atoms. The number of aliphatic hydroxyl groups excluding tert-OH is 1. The Morgan fingerprint density at radius 3 is 2.38 bits per heavy atom. The van der Waals surface area contributed by atoms with E-state index in [2.05, 4.69) is 5.32 Å². The first-order valence-corrected chi connectivity index (χ1v) is 7.33. The SMILES string of the molecule is O=C(O)[C@H]1CCCC[C@H]1C(=O)NCC(O)c1ccccc1. The van der Waals surface area contributed by atoms with Crippen LogP contribution in [0.15, 0.2) is 30.3 Å². The lowest BCUT2D eigenvalue weighted by molar-refractivity contribution is -0.149. The Kier molecular flexibility index (Phi) is 5.33. The van der Waals surface area contributed by atoms with E-state index in [1.54, 1.807) is 12.1 Å². The summed E-state index contributed by atoms with van der Waals surface area (Å²) in [5, 5.41) is 21.9. The predicted octanol–water partition coefficient (Wildman–Crippen LogP) is 1.73. The second-order valence-electron chi connectivity index (χ2n) is 5.51. The van der Waals surface area contributed by atoms with Crippen LogP contribution in [0.5, 0.6) is 0 Å². The number of amides is 1. The second kappa shape index (κ2) is 7.22. The van der Waals surface area contributed by atoms with Gasteiger partial charge >= 0.3 is 5.97 Å². The molecule has 1 saturated carbocycles.